The first-order valence-corrected chi connectivity index (χ1v) is 6.10. The van der Waals surface area contributed by atoms with Gasteiger partial charge >= 0.3 is 0 Å². The summed E-state index contributed by atoms with van der Waals surface area (Å²) >= 11 is 3.19. The first kappa shape index (κ1) is 10.3. The number of hydrogen-bond acceptors (Lipinski definition) is 3. The maximum atomic E-state index is 10.8. The molecule has 1 rings (SSSR count). The van der Waals surface area contributed by atoms with Crippen molar-refractivity contribution >= 4 is 37.3 Å². The van der Waals surface area contributed by atoms with Crippen molar-refractivity contribution in [3.05, 3.63) is 22.7 Å². The van der Waals surface area contributed by atoms with E-state index in [0.29, 0.717) is 15.8 Å². The zero-order valence-electron chi connectivity index (χ0n) is 6.91. The Labute approximate surface area is 85.3 Å². The highest BCUT2D eigenvalue weighted by Gasteiger charge is 2.02. The number of halogens is 1. The van der Waals surface area contributed by atoms with Gasteiger partial charge in [0, 0.05) is 15.8 Å². The molecule has 0 saturated heterocycles. The van der Waals surface area contributed by atoms with Crippen LogP contribution < -0.4 is 10.5 Å². The predicted octanol–water partition coefficient (Wildman–Crippen LogP) is 1.40. The number of hydrogen-bond donors (Lipinski definition) is 2. The third-order valence-electron chi connectivity index (χ3n) is 1.30. The van der Waals surface area contributed by atoms with E-state index in [-0.39, 0.29) is 0 Å². The Morgan fingerprint density at radius 1 is 1.46 bits per heavy atom. The molecule has 0 radical (unpaired) electrons. The van der Waals surface area contributed by atoms with Gasteiger partial charge in [0.05, 0.1) is 6.26 Å². The quantitative estimate of drug-likeness (QED) is 0.794. The lowest BCUT2D eigenvalue weighted by molar-refractivity contribution is 0.607. The van der Waals surface area contributed by atoms with Gasteiger partial charge in [-0.15, -0.1) is 0 Å². The first-order chi connectivity index (χ1) is 5.88. The van der Waals surface area contributed by atoms with Crippen LogP contribution in [-0.4, -0.2) is 14.7 Å². The molecule has 0 bridgehead atoms. The van der Waals surface area contributed by atoms with Crippen LogP contribution in [0.5, 0.6) is 0 Å². The number of sulfonamides is 1. The summed E-state index contributed by atoms with van der Waals surface area (Å²) in [6, 6.07) is 4.83. The summed E-state index contributed by atoms with van der Waals surface area (Å²) in [6.07, 6.45) is 1.09. The zero-order valence-corrected chi connectivity index (χ0v) is 9.31. The lowest BCUT2D eigenvalue weighted by Crippen LogP contribution is -2.09. The van der Waals surface area contributed by atoms with Crippen LogP contribution >= 0.6 is 15.9 Å². The fraction of sp³-hybridized carbons (Fsp3) is 0.143. The molecule has 1 aromatic rings. The van der Waals surface area contributed by atoms with Gasteiger partial charge in [0.15, 0.2) is 0 Å². The Morgan fingerprint density at radius 2 is 2.08 bits per heavy atom. The molecule has 0 aliphatic rings. The number of nitrogens with two attached hydrogens (primary N) is 1. The highest BCUT2D eigenvalue weighted by atomic mass is 79.9. The Kier molecular flexibility index (Phi) is 2.82. The van der Waals surface area contributed by atoms with E-state index in [2.05, 4.69) is 20.7 Å². The minimum absolute atomic E-state index is 0.489. The molecular weight excluding hydrogens is 256 g/mol. The van der Waals surface area contributed by atoms with Gasteiger partial charge in [0.25, 0.3) is 0 Å². The Morgan fingerprint density at radius 3 is 2.54 bits per heavy atom. The summed E-state index contributed by atoms with van der Waals surface area (Å²) in [4.78, 5) is 0. The molecule has 0 spiro atoms. The highest BCUT2D eigenvalue weighted by Crippen LogP contribution is 2.23. The first-order valence-electron chi connectivity index (χ1n) is 3.41. The largest absolute Gasteiger partial charge is 0.398 e. The summed E-state index contributed by atoms with van der Waals surface area (Å²) in [6.45, 7) is 0. The summed E-state index contributed by atoms with van der Waals surface area (Å²) in [5, 5.41) is 0. The van der Waals surface area contributed by atoms with E-state index in [0.717, 1.165) is 6.26 Å². The second-order valence-corrected chi connectivity index (χ2v) is 5.21. The second kappa shape index (κ2) is 3.55. The van der Waals surface area contributed by atoms with Crippen molar-refractivity contribution in [2.45, 2.75) is 0 Å². The molecule has 13 heavy (non-hydrogen) atoms. The van der Waals surface area contributed by atoms with Crippen LogP contribution in [0.1, 0.15) is 0 Å². The number of rotatable bonds is 2. The Hall–Kier alpha value is -0.750. The van der Waals surface area contributed by atoms with Gasteiger partial charge in [-0.1, -0.05) is 0 Å². The smallest absolute Gasteiger partial charge is 0.229 e. The van der Waals surface area contributed by atoms with Crippen LogP contribution in [0.4, 0.5) is 11.4 Å². The maximum absolute atomic E-state index is 10.8. The molecule has 0 aliphatic heterocycles. The summed E-state index contributed by atoms with van der Waals surface area (Å²) in [5.74, 6) is 0. The third kappa shape index (κ3) is 3.23. The molecule has 4 nitrogen and oxygen atoms in total. The van der Waals surface area contributed by atoms with Crippen molar-refractivity contribution < 1.29 is 8.42 Å². The molecule has 0 saturated carbocycles. The topological polar surface area (TPSA) is 72.2 Å². The van der Waals surface area contributed by atoms with Crippen molar-refractivity contribution in [1.29, 1.82) is 0 Å². The maximum Gasteiger partial charge on any atom is 0.229 e. The monoisotopic (exact) mass is 264 g/mol. The minimum atomic E-state index is -3.22. The van der Waals surface area contributed by atoms with E-state index in [1.54, 1.807) is 18.2 Å². The van der Waals surface area contributed by atoms with Crippen LogP contribution in [-0.2, 0) is 10.0 Å². The number of nitrogen functional groups attached to an aromatic ring is 1. The number of nitrogens with one attached hydrogen (secondary N) is 1. The molecule has 0 aromatic heterocycles. The van der Waals surface area contributed by atoms with E-state index in [4.69, 9.17) is 5.73 Å². The fourth-order valence-corrected chi connectivity index (χ4v) is 1.74. The molecule has 3 N–H and O–H groups in total. The van der Waals surface area contributed by atoms with E-state index in [1.807, 2.05) is 0 Å². The van der Waals surface area contributed by atoms with Gasteiger partial charge in [-0.2, -0.15) is 0 Å². The van der Waals surface area contributed by atoms with Crippen molar-refractivity contribution in [3.8, 4) is 0 Å². The Balaban J connectivity index is 2.99. The van der Waals surface area contributed by atoms with E-state index >= 15 is 0 Å². The third-order valence-corrected chi connectivity index (χ3v) is 2.60. The zero-order chi connectivity index (χ0) is 10.1. The lowest BCUT2D eigenvalue weighted by Gasteiger charge is -2.05. The van der Waals surface area contributed by atoms with Gasteiger partial charge in [-0.05, 0) is 34.1 Å². The SMILES string of the molecule is CS(=O)(=O)Nc1ccc(N)c(Br)c1. The molecule has 0 aliphatic carbocycles. The van der Waals surface area contributed by atoms with Gasteiger partial charge < -0.3 is 5.73 Å². The van der Waals surface area contributed by atoms with Crippen molar-refractivity contribution in [2.75, 3.05) is 16.7 Å². The van der Waals surface area contributed by atoms with Crippen LogP contribution in [0.25, 0.3) is 0 Å². The average Bonchev–Trinajstić information content (AvgIpc) is 1.94. The molecule has 0 atom stereocenters. The van der Waals surface area contributed by atoms with Crippen molar-refractivity contribution in [2.24, 2.45) is 0 Å². The molecule has 6 heteroatoms. The molecule has 0 unspecified atom stereocenters. The van der Waals surface area contributed by atoms with E-state index in [9.17, 15) is 8.42 Å². The molecule has 0 fully saturated rings. The molecule has 72 valence electrons. The number of benzene rings is 1. The molecule has 1 aromatic carbocycles. The summed E-state index contributed by atoms with van der Waals surface area (Å²) < 4.78 is 24.7. The lowest BCUT2D eigenvalue weighted by atomic mass is 10.3. The molecule has 0 heterocycles. The van der Waals surface area contributed by atoms with E-state index in [1.165, 1.54) is 0 Å². The summed E-state index contributed by atoms with van der Waals surface area (Å²) in [5.41, 5.74) is 6.59. The second-order valence-electron chi connectivity index (χ2n) is 2.61. The van der Waals surface area contributed by atoms with Crippen molar-refractivity contribution in [1.82, 2.24) is 0 Å². The standard InChI is InChI=1S/C7H9BrN2O2S/c1-13(11,12)10-5-2-3-7(9)6(8)4-5/h2-4,10H,9H2,1H3. The molecule has 0 amide bonds. The highest BCUT2D eigenvalue weighted by molar-refractivity contribution is 9.10. The average molecular weight is 265 g/mol. The minimum Gasteiger partial charge on any atom is -0.398 e. The number of anilines is 2. The van der Waals surface area contributed by atoms with Crippen LogP contribution in [0, 0.1) is 0 Å². The van der Waals surface area contributed by atoms with Gasteiger partial charge in [0.2, 0.25) is 10.0 Å². The molecular formula is C7H9BrN2O2S. The fourth-order valence-electron chi connectivity index (χ4n) is 0.805. The predicted molar refractivity (Wildman–Crippen MR) is 57.0 cm³/mol. The van der Waals surface area contributed by atoms with Gasteiger partial charge in [0.1, 0.15) is 0 Å². The van der Waals surface area contributed by atoms with Crippen LogP contribution in [0.2, 0.25) is 0 Å². The van der Waals surface area contributed by atoms with Gasteiger partial charge in [-0.25, -0.2) is 8.42 Å². The Bertz CT molecular complexity index is 417. The van der Waals surface area contributed by atoms with Gasteiger partial charge in [-0.3, -0.25) is 4.72 Å². The van der Waals surface area contributed by atoms with E-state index < -0.39 is 10.0 Å². The van der Waals surface area contributed by atoms with Crippen LogP contribution in [0.3, 0.4) is 0 Å². The van der Waals surface area contributed by atoms with Crippen LogP contribution in [0.15, 0.2) is 22.7 Å². The summed E-state index contributed by atoms with van der Waals surface area (Å²) in [7, 11) is -3.22. The normalized spacial score (nSPS) is 11.2. The van der Waals surface area contributed by atoms with Crippen molar-refractivity contribution in [3.63, 3.8) is 0 Å².